The maximum Gasteiger partial charge on any atom is 0.417 e. The number of anilines is 3. The van der Waals surface area contributed by atoms with Crippen molar-refractivity contribution in [2.45, 2.75) is 116 Å². The Morgan fingerprint density at radius 3 is 1.32 bits per heavy atom. The Kier molecular flexibility index (Phi) is 20.2. The fourth-order valence-corrected chi connectivity index (χ4v) is 16.6. The van der Waals surface area contributed by atoms with Crippen LogP contribution in [0.3, 0.4) is 0 Å². The topological polar surface area (TPSA) is 375 Å². The number of rotatable bonds is 16. The van der Waals surface area contributed by atoms with Gasteiger partial charge in [-0.05, 0) is 141 Å². The van der Waals surface area contributed by atoms with Crippen molar-refractivity contribution in [2.24, 2.45) is 33.4 Å². The van der Waals surface area contributed by atoms with Gasteiger partial charge in [0.2, 0.25) is 5.91 Å². The minimum atomic E-state index is -4.58. The van der Waals surface area contributed by atoms with E-state index in [-0.39, 0.29) is 104 Å². The summed E-state index contributed by atoms with van der Waals surface area (Å²) in [4.78, 5) is 78.6. The van der Waals surface area contributed by atoms with Crippen molar-refractivity contribution in [3.05, 3.63) is 172 Å². The molecule has 15 rings (SSSR count). The highest BCUT2D eigenvalue weighted by Gasteiger charge is 2.54. The zero-order valence-electron chi connectivity index (χ0n) is 58.6. The normalized spacial score (nSPS) is 21.1. The first-order chi connectivity index (χ1) is 51.1. The van der Waals surface area contributed by atoms with Crippen LogP contribution < -0.4 is 34.4 Å². The van der Waals surface area contributed by atoms with Gasteiger partial charge in [-0.15, -0.1) is 0 Å². The number of likely N-dealkylation sites (tertiary alicyclic amines) is 3. The molecule has 554 valence electrons. The minimum absolute atomic E-state index is 0.0280. The molecule has 0 unspecified atom stereocenters. The van der Waals surface area contributed by atoms with Crippen molar-refractivity contribution >= 4 is 76.1 Å². The third-order valence-corrected chi connectivity index (χ3v) is 22.0. The number of nitrogens with two attached hydrogens (primary N) is 6. The van der Waals surface area contributed by atoms with Crippen molar-refractivity contribution in [3.63, 3.8) is 0 Å². The number of halogens is 5. The standard InChI is InChI=1S/C26H25ClF3N7O2.C25H26ClN7O2.C24H27N7O2/c1-2-4-19(38)35-8-7-25(14-35)9-17(10-25)37-23(31)20(24(32)39)22(34-37)16-11-33-36(13-16)12-15-5-3-6-18(21(15)27)26(28,29)30;1-2-4-20(34)31-8-7-25(15-31)10-19(11-25)33-23(27)21(24(28)35)22(30-33)17-12-29-32(14-17)13-16-5-3-6-18(26)9-16;1-2-19(32)29-9-8-24(15-29)10-18(11-24)31-22(25)20(23(26)33)21(28-31)17-12-27-30(14-17)13-16-6-4-3-5-7-16/h3,5-6,11,13,17H,7-10,12,14,31H2,1H3,(H2,32,39);3,5-6,9,12,14,19H,7-8,10-11,13,15,27H2,1H3,(H2,28,35);2-7,12,14,18H,1,8-11,13,15,25H2,(H2,26,33). The number of primary amides is 3. The van der Waals surface area contributed by atoms with Crippen molar-refractivity contribution in [1.82, 2.24) is 73.4 Å². The molecule has 27 nitrogen and oxygen atoms in total. The number of nitrogen functional groups attached to an aromatic ring is 3. The molecule has 32 heteroatoms. The maximum absolute atomic E-state index is 13.2. The molecule has 3 saturated carbocycles. The molecule has 9 aromatic rings. The van der Waals surface area contributed by atoms with Gasteiger partial charge in [0.15, 0.2) is 0 Å². The van der Waals surface area contributed by atoms with Crippen molar-refractivity contribution in [2.75, 3.05) is 56.5 Å². The summed E-state index contributed by atoms with van der Waals surface area (Å²) < 4.78 is 49.7. The molecule has 6 fully saturated rings. The molecule has 12 N–H and O–H groups in total. The summed E-state index contributed by atoms with van der Waals surface area (Å²) in [5.74, 6) is 8.86. The van der Waals surface area contributed by atoms with Crippen molar-refractivity contribution in [3.8, 4) is 57.5 Å². The predicted molar refractivity (Wildman–Crippen MR) is 394 cm³/mol. The SMILES string of the molecule is C=CC(=O)N1CCC2(CC(n3nc(-c4cnn(Cc5ccccc5)c4)c(C(N)=O)c3N)C2)C1.CC#CC(=O)N1CCC2(CC(n3nc(-c4cnn(Cc5cccc(C(F)(F)F)c5Cl)c4)c(C(N)=O)c3N)C2)C1.CC#CC(=O)N1CCC2(CC(n3nc(-c4cnn(Cc5cccc(Cl)c5)c4)c(C(N)=O)c3N)C2)C1. The summed E-state index contributed by atoms with van der Waals surface area (Å²) in [5.41, 5.74) is 41.0. The molecule has 9 heterocycles. The van der Waals surface area contributed by atoms with Gasteiger partial charge >= 0.3 is 6.18 Å². The first-order valence-electron chi connectivity index (χ1n) is 34.7. The highest BCUT2D eigenvalue weighted by Crippen LogP contribution is 2.57. The molecule has 6 amide bonds. The lowest BCUT2D eigenvalue weighted by Crippen LogP contribution is -2.42. The summed E-state index contributed by atoms with van der Waals surface area (Å²) in [6.45, 7) is 12.1. The van der Waals surface area contributed by atoms with Gasteiger partial charge in [-0.3, -0.25) is 42.8 Å². The van der Waals surface area contributed by atoms with E-state index in [4.69, 9.17) is 67.8 Å². The molecule has 3 saturated heterocycles. The first-order valence-corrected chi connectivity index (χ1v) is 35.4. The molecule has 3 spiro atoms. The van der Waals surface area contributed by atoms with Crippen LogP contribution in [0.2, 0.25) is 10.0 Å². The van der Waals surface area contributed by atoms with Crippen LogP contribution in [0.1, 0.15) is 143 Å². The van der Waals surface area contributed by atoms with Gasteiger partial charge in [0.25, 0.3) is 29.5 Å². The quantitative estimate of drug-likeness (QED) is 0.0389. The van der Waals surface area contributed by atoms with E-state index in [2.05, 4.69) is 50.7 Å². The number of aromatic nitrogens is 12. The van der Waals surface area contributed by atoms with E-state index in [1.807, 2.05) is 76.8 Å². The Labute approximate surface area is 622 Å². The van der Waals surface area contributed by atoms with Gasteiger partial charge in [-0.25, -0.2) is 14.0 Å². The largest absolute Gasteiger partial charge is 0.417 e. The highest BCUT2D eigenvalue weighted by molar-refractivity contribution is 6.32. The zero-order chi connectivity index (χ0) is 76.0. The molecule has 6 aromatic heterocycles. The van der Waals surface area contributed by atoms with Crippen LogP contribution in [0.5, 0.6) is 0 Å². The number of benzene rings is 3. The number of carbonyl (C=O) groups is 6. The van der Waals surface area contributed by atoms with Gasteiger partial charge in [0, 0.05) is 79.6 Å². The molecule has 6 aliphatic rings. The summed E-state index contributed by atoms with van der Waals surface area (Å²) in [6.07, 6.45) is 14.3. The van der Waals surface area contributed by atoms with Crippen molar-refractivity contribution in [1.29, 1.82) is 0 Å². The smallest absolute Gasteiger partial charge is 0.383 e. The number of nitrogens with zero attached hydrogens (tertiary/aromatic N) is 15. The number of hydrogen-bond donors (Lipinski definition) is 6. The molecule has 0 bridgehead atoms. The van der Waals surface area contributed by atoms with Gasteiger partial charge in [0.05, 0.1) is 66.9 Å². The molecule has 0 atom stereocenters. The van der Waals surface area contributed by atoms with Crippen LogP contribution in [-0.4, -0.2) is 148 Å². The van der Waals surface area contributed by atoms with E-state index in [1.165, 1.54) is 29.1 Å². The molecule has 107 heavy (non-hydrogen) atoms. The van der Waals surface area contributed by atoms with E-state index >= 15 is 0 Å². The molecule has 0 radical (unpaired) electrons. The Bertz CT molecular complexity index is 5120. The molecule has 3 aliphatic heterocycles. The van der Waals surface area contributed by atoms with Crippen LogP contribution in [0.15, 0.2) is 123 Å². The first kappa shape index (κ1) is 73.7. The number of hydrogen-bond acceptors (Lipinski definition) is 15. The van der Waals surface area contributed by atoms with Crippen molar-refractivity contribution < 1.29 is 41.9 Å². The van der Waals surface area contributed by atoms with Crippen LogP contribution in [0, 0.1) is 39.9 Å². The molecular weight excluding hydrogens is 1420 g/mol. The summed E-state index contributed by atoms with van der Waals surface area (Å²) in [5, 5.41) is 27.3. The summed E-state index contributed by atoms with van der Waals surface area (Å²) in [6, 6.07) is 21.2. The average Bonchev–Trinajstić information content (AvgIpc) is 1.61. The van der Waals surface area contributed by atoms with E-state index < -0.39 is 34.5 Å². The van der Waals surface area contributed by atoms with Crippen LogP contribution in [-0.2, 0) is 40.2 Å². The second-order valence-corrected chi connectivity index (χ2v) is 29.3. The van der Waals surface area contributed by atoms with Crippen LogP contribution in [0.4, 0.5) is 30.6 Å². The maximum atomic E-state index is 13.2. The second-order valence-electron chi connectivity index (χ2n) is 28.5. The van der Waals surface area contributed by atoms with E-state index in [0.717, 1.165) is 88.1 Å². The number of amides is 6. The summed E-state index contributed by atoms with van der Waals surface area (Å²) in [7, 11) is 0. The Balaban J connectivity index is 0.000000142. The number of carbonyl (C=O) groups excluding carboxylic acids is 6. The second kappa shape index (κ2) is 29.4. The fraction of sp³-hybridized carbons (Fsp3) is 0.360. The third kappa shape index (κ3) is 14.9. The van der Waals surface area contributed by atoms with Crippen LogP contribution in [0.25, 0.3) is 33.8 Å². The monoisotopic (exact) mass is 1500 g/mol. The third-order valence-electron chi connectivity index (χ3n) is 21.3. The Morgan fingerprint density at radius 1 is 0.542 bits per heavy atom. The molecule has 3 aromatic carbocycles. The predicted octanol–water partition coefficient (Wildman–Crippen LogP) is 8.65. The van der Waals surface area contributed by atoms with Gasteiger partial charge in [0.1, 0.15) is 51.2 Å². The number of alkyl halides is 3. The average molecular weight is 1500 g/mol. The summed E-state index contributed by atoms with van der Waals surface area (Å²) >= 11 is 12.1. The van der Waals surface area contributed by atoms with E-state index in [0.29, 0.717) is 72.4 Å². The van der Waals surface area contributed by atoms with E-state index in [9.17, 15) is 41.9 Å². The van der Waals surface area contributed by atoms with Gasteiger partial charge in [-0.2, -0.15) is 43.8 Å². The lowest BCUT2D eigenvalue weighted by molar-refractivity contribution is -0.137. The lowest BCUT2D eigenvalue weighted by Gasteiger charge is -2.45. The lowest BCUT2D eigenvalue weighted by atomic mass is 9.65. The minimum Gasteiger partial charge on any atom is -0.383 e. The molecule has 3 aliphatic carbocycles. The fourth-order valence-electron chi connectivity index (χ4n) is 16.1. The highest BCUT2D eigenvalue weighted by atomic mass is 35.5. The van der Waals surface area contributed by atoms with E-state index in [1.54, 1.807) is 60.7 Å². The van der Waals surface area contributed by atoms with Crippen LogP contribution >= 0.6 is 23.2 Å². The molecular formula is C75H78Cl2F3N21O6. The Morgan fingerprint density at radius 2 is 0.925 bits per heavy atom. The Hall–Kier alpha value is -11.6. The van der Waals surface area contributed by atoms with Gasteiger partial charge < -0.3 is 49.1 Å². The van der Waals surface area contributed by atoms with Gasteiger partial charge in [-0.1, -0.05) is 96.2 Å². The zero-order valence-corrected chi connectivity index (χ0v) is 60.2.